The number of carbonyl (C=O) groups excluding carboxylic acids is 1. The lowest BCUT2D eigenvalue weighted by Gasteiger charge is -2.36. The van der Waals surface area contributed by atoms with E-state index in [-0.39, 0.29) is 6.61 Å². The molecule has 2 fully saturated rings. The quantitative estimate of drug-likeness (QED) is 0.839. The summed E-state index contributed by atoms with van der Waals surface area (Å²) in [5.41, 5.74) is 0. The smallest absolute Gasteiger partial charge is 0.222 e. The van der Waals surface area contributed by atoms with Gasteiger partial charge in [0.15, 0.2) is 0 Å². The molecule has 0 bridgehead atoms. The van der Waals surface area contributed by atoms with Crippen LogP contribution in [0.1, 0.15) is 25.7 Å². The van der Waals surface area contributed by atoms with Gasteiger partial charge in [-0.15, -0.1) is 0 Å². The number of aromatic nitrogens is 1. The SMILES string of the molecule is O=C(CC[C@@H]1CCCN(CCO)C1)N1CCN(c2ccccn2)CC1. The van der Waals surface area contributed by atoms with Gasteiger partial charge in [-0.05, 0) is 43.9 Å². The van der Waals surface area contributed by atoms with Crippen molar-refractivity contribution in [2.75, 3.05) is 57.3 Å². The topological polar surface area (TPSA) is 59.9 Å². The predicted molar refractivity (Wildman–Crippen MR) is 98.5 cm³/mol. The standard InChI is InChI=1S/C19H30N4O2/c24-15-14-21-9-3-4-17(16-21)6-7-19(25)23-12-10-22(11-13-23)18-5-1-2-8-20-18/h1-2,5,8,17,24H,3-4,6-7,9-16H2/t17-/m0/s1. The largest absolute Gasteiger partial charge is 0.395 e. The number of amides is 1. The van der Waals surface area contributed by atoms with Crippen LogP contribution in [0.25, 0.3) is 0 Å². The molecule has 0 spiro atoms. The lowest BCUT2D eigenvalue weighted by atomic mass is 9.93. The van der Waals surface area contributed by atoms with E-state index in [4.69, 9.17) is 5.11 Å². The molecule has 25 heavy (non-hydrogen) atoms. The zero-order valence-electron chi connectivity index (χ0n) is 15.0. The third-order valence-electron chi connectivity index (χ3n) is 5.39. The van der Waals surface area contributed by atoms with Crippen molar-refractivity contribution < 1.29 is 9.90 Å². The zero-order chi connectivity index (χ0) is 17.5. The van der Waals surface area contributed by atoms with Gasteiger partial charge in [0.25, 0.3) is 0 Å². The second kappa shape index (κ2) is 9.15. The minimum absolute atomic E-state index is 0.228. The molecule has 0 aliphatic carbocycles. The Bertz CT molecular complexity index is 529. The van der Waals surface area contributed by atoms with Crippen molar-refractivity contribution in [3.63, 3.8) is 0 Å². The molecule has 1 amide bonds. The van der Waals surface area contributed by atoms with Gasteiger partial charge in [-0.2, -0.15) is 0 Å². The van der Waals surface area contributed by atoms with Crippen LogP contribution in [-0.2, 0) is 4.79 Å². The first-order valence-electron chi connectivity index (χ1n) is 9.53. The third kappa shape index (κ3) is 5.16. The Morgan fingerprint density at radius 2 is 2.04 bits per heavy atom. The number of aliphatic hydroxyl groups excluding tert-OH is 1. The van der Waals surface area contributed by atoms with Crippen LogP contribution < -0.4 is 4.90 Å². The van der Waals surface area contributed by atoms with E-state index in [9.17, 15) is 4.79 Å². The number of hydrogen-bond donors (Lipinski definition) is 1. The van der Waals surface area contributed by atoms with Crippen molar-refractivity contribution in [1.82, 2.24) is 14.8 Å². The fourth-order valence-electron chi connectivity index (χ4n) is 3.94. The van der Waals surface area contributed by atoms with Crippen molar-refractivity contribution in [3.8, 4) is 0 Å². The summed E-state index contributed by atoms with van der Waals surface area (Å²) in [6.45, 7) is 6.40. The molecule has 2 saturated heterocycles. The summed E-state index contributed by atoms with van der Waals surface area (Å²) >= 11 is 0. The van der Waals surface area contributed by atoms with Crippen LogP contribution in [0.2, 0.25) is 0 Å². The fourth-order valence-corrected chi connectivity index (χ4v) is 3.94. The van der Waals surface area contributed by atoms with Crippen LogP contribution in [0.4, 0.5) is 5.82 Å². The molecule has 138 valence electrons. The first-order valence-corrected chi connectivity index (χ1v) is 9.53. The number of likely N-dealkylation sites (tertiary alicyclic amines) is 1. The Balaban J connectivity index is 1.39. The molecule has 0 radical (unpaired) electrons. The van der Waals surface area contributed by atoms with E-state index >= 15 is 0 Å². The second-order valence-corrected chi connectivity index (χ2v) is 7.13. The van der Waals surface area contributed by atoms with Gasteiger partial charge >= 0.3 is 0 Å². The number of pyridine rings is 1. The lowest BCUT2D eigenvalue weighted by Crippen LogP contribution is -2.49. The number of carbonyl (C=O) groups is 1. The van der Waals surface area contributed by atoms with Crippen molar-refractivity contribution in [3.05, 3.63) is 24.4 Å². The number of anilines is 1. The highest BCUT2D eigenvalue weighted by molar-refractivity contribution is 5.76. The van der Waals surface area contributed by atoms with Gasteiger partial charge in [0.2, 0.25) is 5.91 Å². The van der Waals surface area contributed by atoms with Crippen molar-refractivity contribution in [2.45, 2.75) is 25.7 Å². The van der Waals surface area contributed by atoms with Crippen LogP contribution in [0.15, 0.2) is 24.4 Å². The monoisotopic (exact) mass is 346 g/mol. The molecule has 0 unspecified atom stereocenters. The Morgan fingerprint density at radius 3 is 2.76 bits per heavy atom. The zero-order valence-corrected chi connectivity index (χ0v) is 15.0. The van der Waals surface area contributed by atoms with Crippen LogP contribution >= 0.6 is 0 Å². The highest BCUT2D eigenvalue weighted by atomic mass is 16.3. The van der Waals surface area contributed by atoms with E-state index in [1.807, 2.05) is 29.3 Å². The van der Waals surface area contributed by atoms with E-state index in [1.54, 1.807) is 0 Å². The maximum Gasteiger partial charge on any atom is 0.222 e. The number of aliphatic hydroxyl groups is 1. The van der Waals surface area contributed by atoms with Crippen LogP contribution in [-0.4, -0.2) is 78.2 Å². The van der Waals surface area contributed by atoms with Crippen molar-refractivity contribution in [1.29, 1.82) is 0 Å². The van der Waals surface area contributed by atoms with Crippen LogP contribution in [0.3, 0.4) is 0 Å². The molecular formula is C19H30N4O2. The van der Waals surface area contributed by atoms with E-state index < -0.39 is 0 Å². The summed E-state index contributed by atoms with van der Waals surface area (Å²) < 4.78 is 0. The minimum Gasteiger partial charge on any atom is -0.395 e. The molecule has 2 aliphatic heterocycles. The maximum absolute atomic E-state index is 12.5. The summed E-state index contributed by atoms with van der Waals surface area (Å²) in [5, 5.41) is 9.09. The Hall–Kier alpha value is -1.66. The van der Waals surface area contributed by atoms with Gasteiger partial charge in [-0.3, -0.25) is 4.79 Å². The number of piperazine rings is 1. The number of β-amino-alcohol motifs (C(OH)–C–C–N with tert-alkyl or cyclic N) is 1. The molecule has 1 aromatic rings. The van der Waals surface area contributed by atoms with Crippen LogP contribution in [0, 0.1) is 5.92 Å². The third-order valence-corrected chi connectivity index (χ3v) is 5.39. The van der Waals surface area contributed by atoms with E-state index in [0.29, 0.717) is 18.2 Å². The predicted octanol–water partition coefficient (Wildman–Crippen LogP) is 1.21. The Labute approximate surface area is 150 Å². The molecule has 1 atom stereocenters. The van der Waals surface area contributed by atoms with Crippen molar-refractivity contribution in [2.24, 2.45) is 5.92 Å². The number of rotatable bonds is 6. The molecule has 3 rings (SSSR count). The Kier molecular flexibility index (Phi) is 6.64. The lowest BCUT2D eigenvalue weighted by molar-refractivity contribution is -0.131. The minimum atomic E-state index is 0.228. The summed E-state index contributed by atoms with van der Waals surface area (Å²) in [6.07, 6.45) is 5.84. The first kappa shape index (κ1) is 18.1. The molecule has 0 aromatic carbocycles. The average molecular weight is 346 g/mol. The molecule has 0 saturated carbocycles. The van der Waals surface area contributed by atoms with Gasteiger partial charge in [-0.1, -0.05) is 6.07 Å². The molecule has 6 nitrogen and oxygen atoms in total. The average Bonchev–Trinajstić information content (AvgIpc) is 2.67. The summed E-state index contributed by atoms with van der Waals surface area (Å²) in [6, 6.07) is 5.96. The second-order valence-electron chi connectivity index (χ2n) is 7.13. The van der Waals surface area contributed by atoms with E-state index in [0.717, 1.165) is 58.1 Å². The van der Waals surface area contributed by atoms with Gasteiger partial charge < -0.3 is 19.8 Å². The van der Waals surface area contributed by atoms with E-state index in [2.05, 4.69) is 14.8 Å². The highest BCUT2D eigenvalue weighted by Gasteiger charge is 2.24. The van der Waals surface area contributed by atoms with Gasteiger partial charge in [0.05, 0.1) is 6.61 Å². The van der Waals surface area contributed by atoms with Gasteiger partial charge in [-0.25, -0.2) is 4.98 Å². The Morgan fingerprint density at radius 1 is 1.20 bits per heavy atom. The summed E-state index contributed by atoms with van der Waals surface area (Å²) in [4.78, 5) is 23.5. The number of nitrogens with zero attached hydrogens (tertiary/aromatic N) is 4. The van der Waals surface area contributed by atoms with Crippen LogP contribution in [0.5, 0.6) is 0 Å². The maximum atomic E-state index is 12.5. The number of hydrogen-bond acceptors (Lipinski definition) is 5. The molecule has 6 heteroatoms. The molecule has 3 heterocycles. The summed E-state index contributed by atoms with van der Waals surface area (Å²) in [5.74, 6) is 1.89. The van der Waals surface area contributed by atoms with Gasteiger partial charge in [0.1, 0.15) is 5.82 Å². The molecule has 1 N–H and O–H groups in total. The first-order chi connectivity index (χ1) is 12.3. The molecule has 1 aromatic heterocycles. The normalized spacial score (nSPS) is 22.2. The summed E-state index contributed by atoms with van der Waals surface area (Å²) in [7, 11) is 0. The molecule has 2 aliphatic rings. The van der Waals surface area contributed by atoms with Gasteiger partial charge in [0, 0.05) is 51.9 Å². The molecular weight excluding hydrogens is 316 g/mol. The highest BCUT2D eigenvalue weighted by Crippen LogP contribution is 2.21. The van der Waals surface area contributed by atoms with Crippen molar-refractivity contribution >= 4 is 11.7 Å². The number of piperidine rings is 1. The fraction of sp³-hybridized carbons (Fsp3) is 0.684. The van der Waals surface area contributed by atoms with E-state index in [1.165, 1.54) is 12.8 Å².